The summed E-state index contributed by atoms with van der Waals surface area (Å²) in [5, 5.41) is 36.7. The first-order valence-corrected chi connectivity index (χ1v) is 19.7. The fourth-order valence-corrected chi connectivity index (χ4v) is 7.35. The molecule has 6 aromatic rings. The molecule has 0 aliphatic heterocycles. The van der Waals surface area contributed by atoms with Crippen LogP contribution in [-0.2, 0) is 37.5 Å². The van der Waals surface area contributed by atoms with Crippen molar-refractivity contribution in [2.75, 3.05) is 19.1 Å². The number of nitriles is 2. The maximum atomic E-state index is 12.2. The van der Waals surface area contributed by atoms with Crippen LogP contribution in [0.2, 0.25) is 0 Å². The van der Waals surface area contributed by atoms with Crippen LogP contribution in [0.5, 0.6) is 0 Å². The topological polar surface area (TPSA) is 271 Å². The van der Waals surface area contributed by atoms with Crippen LogP contribution >= 0.6 is 0 Å². The van der Waals surface area contributed by atoms with Gasteiger partial charge in [0, 0.05) is 48.1 Å². The van der Waals surface area contributed by atoms with Crippen LogP contribution < -0.4 is 29.6 Å². The van der Waals surface area contributed by atoms with Crippen molar-refractivity contribution in [1.82, 2.24) is 29.5 Å². The van der Waals surface area contributed by atoms with Gasteiger partial charge in [0.2, 0.25) is 0 Å². The summed E-state index contributed by atoms with van der Waals surface area (Å²) in [6, 6.07) is 13.9. The Bertz CT molecular complexity index is 2810. The van der Waals surface area contributed by atoms with E-state index in [1.165, 1.54) is 33.9 Å². The summed E-state index contributed by atoms with van der Waals surface area (Å²) >= 11 is 0. The molecule has 0 fully saturated rings. The molecule has 0 saturated carbocycles. The average Bonchev–Trinajstić information content (AvgIpc) is 3.70. The standard InChI is InChI=1S/C19H18N4O4S.C17H14N4O4S.Na.H2O/c1-4-27-19(24)15-11-23(22-16(15)8-20)10-13-6-14-5-12(2)9-21-18(14)17(7-13)28(3,25)26;1-10-3-12-4-11(5-15(26(2,24)25)16(12)19-7-10)8-21-9-13(17(22)23)14(6-18)20-21;;/h5-7,9,11H,4,10H2,1-3H3;3-5,7,9H,8H2,1-2H3,(H,22,23);;1H2/q;;+1;/p-1. The number of esters is 1. The molecule has 0 aliphatic carbocycles. The number of aromatic carboxylic acids is 1. The Morgan fingerprint density at radius 1 is 0.750 bits per heavy atom. The number of carbonyl (C=O) groups is 2. The van der Waals surface area contributed by atoms with E-state index in [0.717, 1.165) is 23.6 Å². The molecule has 56 heavy (non-hydrogen) atoms. The number of carbonyl (C=O) groups excluding carboxylic acids is 1. The number of nitrogens with zero attached hydrogens (tertiary/aromatic N) is 8. The average molecular weight is 809 g/mol. The molecule has 2 N–H and O–H groups in total. The first kappa shape index (κ1) is 44.9. The van der Waals surface area contributed by atoms with Gasteiger partial charge >= 0.3 is 41.5 Å². The molecule has 0 atom stereocenters. The number of carboxylic acids is 1. The molecule has 0 radical (unpaired) electrons. The fourth-order valence-electron chi connectivity index (χ4n) is 5.58. The maximum Gasteiger partial charge on any atom is 1.00 e. The maximum absolute atomic E-state index is 12.2. The van der Waals surface area contributed by atoms with Gasteiger partial charge in [-0.3, -0.25) is 19.3 Å². The van der Waals surface area contributed by atoms with Gasteiger partial charge in [-0.15, -0.1) is 0 Å². The first-order chi connectivity index (χ1) is 25.4. The van der Waals surface area contributed by atoms with Gasteiger partial charge in [0.05, 0.1) is 40.5 Å². The van der Waals surface area contributed by atoms with E-state index >= 15 is 0 Å². The second kappa shape index (κ2) is 17.9. The summed E-state index contributed by atoms with van der Waals surface area (Å²) in [7, 11) is -7.02. The molecule has 284 valence electrons. The summed E-state index contributed by atoms with van der Waals surface area (Å²) in [5.41, 5.74) is 3.47. The molecule has 0 unspecified atom stereocenters. The summed E-state index contributed by atoms with van der Waals surface area (Å²) in [6.45, 7) is 5.88. The molecule has 0 spiro atoms. The zero-order valence-electron chi connectivity index (χ0n) is 31.0. The van der Waals surface area contributed by atoms with Gasteiger partial charge in [0.25, 0.3) is 0 Å². The minimum atomic E-state index is -3.52. The van der Waals surface area contributed by atoms with Gasteiger partial charge < -0.3 is 15.3 Å². The second-order valence-electron chi connectivity index (χ2n) is 12.3. The molecule has 0 saturated heterocycles. The number of carboxylic acid groups (broad SMARTS) is 1. The Labute approximate surface area is 343 Å². The Morgan fingerprint density at radius 3 is 1.52 bits per heavy atom. The molecule has 6 rings (SSSR count). The molecular formula is C36H33N8NaO9S2. The van der Waals surface area contributed by atoms with E-state index in [-0.39, 0.29) is 87.0 Å². The van der Waals surface area contributed by atoms with Crippen molar-refractivity contribution >= 4 is 53.4 Å². The Hall–Kier alpha value is -5.54. The molecule has 20 heteroatoms. The van der Waals surface area contributed by atoms with Crippen molar-refractivity contribution in [1.29, 1.82) is 10.5 Å². The van der Waals surface area contributed by atoms with Crippen LogP contribution in [0.25, 0.3) is 21.8 Å². The molecular weight excluding hydrogens is 776 g/mol. The number of sulfone groups is 2. The van der Waals surface area contributed by atoms with E-state index in [9.17, 15) is 31.7 Å². The van der Waals surface area contributed by atoms with Crippen LogP contribution in [0.4, 0.5) is 0 Å². The zero-order valence-corrected chi connectivity index (χ0v) is 34.7. The number of benzene rings is 2. The van der Waals surface area contributed by atoms with Crippen molar-refractivity contribution in [3.63, 3.8) is 0 Å². The van der Waals surface area contributed by atoms with E-state index in [1.54, 1.807) is 31.5 Å². The fraction of sp³-hybridized carbons (Fsp3) is 0.222. The molecule has 4 heterocycles. The quantitative estimate of drug-likeness (QED) is 0.157. The predicted octanol–water partition coefficient (Wildman–Crippen LogP) is 0.829. The summed E-state index contributed by atoms with van der Waals surface area (Å²) in [5.74, 6) is -1.87. The number of pyridine rings is 2. The van der Waals surface area contributed by atoms with Crippen LogP contribution in [0.3, 0.4) is 0 Å². The van der Waals surface area contributed by atoms with Crippen LogP contribution in [0.1, 0.15) is 61.3 Å². The smallest absolute Gasteiger partial charge is 0.870 e. The van der Waals surface area contributed by atoms with Gasteiger partial charge in [0.1, 0.15) is 23.3 Å². The molecule has 0 aliphatic rings. The minimum Gasteiger partial charge on any atom is -0.870 e. The largest absolute Gasteiger partial charge is 1.00 e. The van der Waals surface area contributed by atoms with E-state index in [1.807, 2.05) is 38.1 Å². The normalized spacial score (nSPS) is 11.0. The van der Waals surface area contributed by atoms with E-state index in [0.29, 0.717) is 32.9 Å². The molecule has 2 aromatic carbocycles. The number of aryl methyl sites for hydroxylation is 2. The van der Waals surface area contributed by atoms with Crippen molar-refractivity contribution in [2.45, 2.75) is 43.7 Å². The van der Waals surface area contributed by atoms with E-state index < -0.39 is 31.6 Å². The van der Waals surface area contributed by atoms with Gasteiger partial charge in [-0.2, -0.15) is 20.7 Å². The number of fused-ring (bicyclic) bond motifs is 2. The van der Waals surface area contributed by atoms with Crippen LogP contribution in [-0.4, -0.2) is 88.0 Å². The monoisotopic (exact) mass is 808 g/mol. The first-order valence-electron chi connectivity index (χ1n) is 16.0. The SMILES string of the molecule is CCOC(=O)c1cn(Cc2cc(S(C)(=O)=O)c3ncc(C)cc3c2)nc1C#N.Cc1cnc2c(S(C)(=O)=O)cc(Cn3cc(C(=O)O)c(C#N)n3)cc2c1.[Na+].[OH-]. The van der Waals surface area contributed by atoms with Crippen molar-refractivity contribution in [3.05, 3.63) is 106 Å². The van der Waals surface area contributed by atoms with Gasteiger partial charge in [0.15, 0.2) is 31.1 Å². The number of rotatable bonds is 9. The number of aromatic nitrogens is 6. The molecule has 4 aromatic heterocycles. The van der Waals surface area contributed by atoms with Crippen LogP contribution in [0, 0.1) is 36.5 Å². The molecule has 17 nitrogen and oxygen atoms in total. The predicted molar refractivity (Wildman–Crippen MR) is 196 cm³/mol. The zero-order chi connectivity index (χ0) is 39.5. The number of ether oxygens (including phenoxy) is 1. The van der Waals surface area contributed by atoms with Crippen molar-refractivity contribution in [2.24, 2.45) is 0 Å². The minimum absolute atomic E-state index is 0. The van der Waals surface area contributed by atoms with E-state index in [2.05, 4.69) is 20.2 Å². The second-order valence-corrected chi connectivity index (χ2v) is 16.3. The van der Waals surface area contributed by atoms with Gasteiger partial charge in [-0.05, 0) is 79.4 Å². The number of hydrogen-bond donors (Lipinski definition) is 1. The van der Waals surface area contributed by atoms with Crippen molar-refractivity contribution in [3.8, 4) is 12.1 Å². The Morgan fingerprint density at radius 2 is 1.16 bits per heavy atom. The van der Waals surface area contributed by atoms with Crippen molar-refractivity contribution < 1.29 is 71.3 Å². The molecule has 0 amide bonds. The summed E-state index contributed by atoms with van der Waals surface area (Å²) in [4.78, 5) is 31.8. The van der Waals surface area contributed by atoms with E-state index in [4.69, 9.17) is 15.1 Å². The Balaban J connectivity index is 0.000000291. The third-order valence-electron chi connectivity index (χ3n) is 7.84. The third-order valence-corrected chi connectivity index (χ3v) is 10.1. The van der Waals surface area contributed by atoms with Gasteiger partial charge in [-0.25, -0.2) is 26.4 Å². The van der Waals surface area contributed by atoms with Gasteiger partial charge in [-0.1, -0.05) is 0 Å². The summed E-state index contributed by atoms with van der Waals surface area (Å²) in [6.07, 6.45) is 8.14. The third kappa shape index (κ3) is 10.2. The number of hydrogen-bond acceptors (Lipinski definition) is 14. The summed E-state index contributed by atoms with van der Waals surface area (Å²) < 4.78 is 56.4. The van der Waals surface area contributed by atoms with Crippen LogP contribution in [0.15, 0.2) is 71.0 Å². The molecule has 0 bridgehead atoms. The Kier molecular flexibility index (Phi) is 14.4.